The molecule has 15 heavy (non-hydrogen) atoms. The van der Waals surface area contributed by atoms with Crippen molar-refractivity contribution in [3.05, 3.63) is 23.2 Å². The zero-order valence-electron chi connectivity index (χ0n) is 7.53. The van der Waals surface area contributed by atoms with Gasteiger partial charge >= 0.3 is 6.03 Å². The number of hydrogen-bond donors (Lipinski definition) is 2. The zero-order chi connectivity index (χ0) is 11.0. The number of amides is 3. The third-order valence-corrected chi connectivity index (χ3v) is 2.26. The molecule has 0 spiro atoms. The predicted molar refractivity (Wildman–Crippen MR) is 54.0 cm³/mol. The molecule has 0 atom stereocenters. The number of nitrogens with zero attached hydrogens (tertiary/aromatic N) is 1. The lowest BCUT2D eigenvalue weighted by atomic mass is 10.2. The van der Waals surface area contributed by atoms with E-state index in [1.807, 2.05) is 0 Å². The Labute approximate surface area is 90.3 Å². The minimum Gasteiger partial charge on any atom is -0.506 e. The average molecular weight is 227 g/mol. The largest absolute Gasteiger partial charge is 0.506 e. The second-order valence-corrected chi connectivity index (χ2v) is 3.51. The van der Waals surface area contributed by atoms with Gasteiger partial charge in [-0.25, -0.2) is 4.79 Å². The van der Waals surface area contributed by atoms with E-state index < -0.39 is 11.9 Å². The number of nitrogens with one attached hydrogen (secondary N) is 1. The van der Waals surface area contributed by atoms with Crippen molar-refractivity contribution in [2.75, 3.05) is 11.4 Å². The van der Waals surface area contributed by atoms with Crippen LogP contribution in [0.25, 0.3) is 0 Å². The van der Waals surface area contributed by atoms with E-state index in [1.54, 1.807) is 0 Å². The standard InChI is InChI=1S/C9H7ClN2O3/c10-5-1-2-7(13)6(3-5)12-4-8(14)11-9(12)15/h1-3,13H,4H2,(H,11,14,15). The van der Waals surface area contributed by atoms with Gasteiger partial charge in [0.1, 0.15) is 12.3 Å². The normalized spacial score (nSPS) is 15.7. The number of urea groups is 1. The van der Waals surface area contributed by atoms with Crippen LogP contribution in [0, 0.1) is 0 Å². The van der Waals surface area contributed by atoms with E-state index in [4.69, 9.17) is 11.6 Å². The summed E-state index contributed by atoms with van der Waals surface area (Å²) in [6, 6.07) is 3.73. The van der Waals surface area contributed by atoms with Crippen LogP contribution >= 0.6 is 11.6 Å². The van der Waals surface area contributed by atoms with Crippen molar-refractivity contribution in [2.24, 2.45) is 0 Å². The Morgan fingerprint density at radius 2 is 2.13 bits per heavy atom. The fourth-order valence-electron chi connectivity index (χ4n) is 1.35. The third-order valence-electron chi connectivity index (χ3n) is 2.02. The molecule has 0 saturated carbocycles. The predicted octanol–water partition coefficient (Wildman–Crippen LogP) is 1.10. The van der Waals surface area contributed by atoms with Crippen molar-refractivity contribution in [3.8, 4) is 5.75 Å². The molecule has 1 fully saturated rings. The molecule has 3 amide bonds. The first kappa shape index (κ1) is 9.79. The molecule has 5 nitrogen and oxygen atoms in total. The number of aromatic hydroxyl groups is 1. The first-order valence-corrected chi connectivity index (χ1v) is 4.55. The van der Waals surface area contributed by atoms with Crippen LogP contribution in [0.4, 0.5) is 10.5 Å². The molecule has 6 heteroatoms. The number of anilines is 1. The van der Waals surface area contributed by atoms with Gasteiger partial charge < -0.3 is 5.11 Å². The van der Waals surface area contributed by atoms with Gasteiger partial charge in [0.25, 0.3) is 0 Å². The van der Waals surface area contributed by atoms with Crippen molar-refractivity contribution in [3.63, 3.8) is 0 Å². The summed E-state index contributed by atoms with van der Waals surface area (Å²) in [6.07, 6.45) is 0. The highest BCUT2D eigenvalue weighted by Gasteiger charge is 2.29. The summed E-state index contributed by atoms with van der Waals surface area (Å²) in [7, 11) is 0. The first-order chi connectivity index (χ1) is 7.08. The van der Waals surface area contributed by atoms with Crippen molar-refractivity contribution in [1.82, 2.24) is 5.32 Å². The molecule has 0 radical (unpaired) electrons. The highest BCUT2D eigenvalue weighted by molar-refractivity contribution is 6.31. The molecule has 0 bridgehead atoms. The average Bonchev–Trinajstić information content (AvgIpc) is 2.50. The molecule has 2 N–H and O–H groups in total. The van der Waals surface area contributed by atoms with E-state index in [0.717, 1.165) is 4.90 Å². The molecule has 1 saturated heterocycles. The summed E-state index contributed by atoms with van der Waals surface area (Å²) in [5.41, 5.74) is 0.228. The van der Waals surface area contributed by atoms with E-state index in [2.05, 4.69) is 5.32 Å². The minimum atomic E-state index is -0.558. The van der Waals surface area contributed by atoms with Crippen molar-refractivity contribution in [1.29, 1.82) is 0 Å². The molecule has 1 heterocycles. The van der Waals surface area contributed by atoms with E-state index in [-0.39, 0.29) is 18.0 Å². The van der Waals surface area contributed by atoms with Crippen LogP contribution in [-0.4, -0.2) is 23.6 Å². The number of carbonyl (C=O) groups is 2. The van der Waals surface area contributed by atoms with Crippen LogP contribution in [-0.2, 0) is 4.79 Å². The molecular formula is C9H7ClN2O3. The number of phenols is 1. The number of halogens is 1. The molecular weight excluding hydrogens is 220 g/mol. The van der Waals surface area contributed by atoms with Crippen LogP contribution in [0.1, 0.15) is 0 Å². The molecule has 1 aromatic carbocycles. The van der Waals surface area contributed by atoms with Crippen LogP contribution in [0.15, 0.2) is 18.2 Å². The monoisotopic (exact) mass is 226 g/mol. The summed E-state index contributed by atoms with van der Waals surface area (Å²) in [4.78, 5) is 23.4. The smallest absolute Gasteiger partial charge is 0.329 e. The Bertz CT molecular complexity index is 447. The lowest BCUT2D eigenvalue weighted by Crippen LogP contribution is -2.27. The van der Waals surface area contributed by atoms with Gasteiger partial charge in [0, 0.05) is 5.02 Å². The Morgan fingerprint density at radius 3 is 2.73 bits per heavy atom. The van der Waals surface area contributed by atoms with Crippen molar-refractivity contribution >= 4 is 29.2 Å². The summed E-state index contributed by atoms with van der Waals surface area (Å²) >= 11 is 5.72. The van der Waals surface area contributed by atoms with E-state index >= 15 is 0 Å². The Hall–Kier alpha value is -1.75. The number of hydrogen-bond acceptors (Lipinski definition) is 3. The van der Waals surface area contributed by atoms with Gasteiger partial charge in [0.05, 0.1) is 5.69 Å². The number of carbonyl (C=O) groups excluding carboxylic acids is 2. The summed E-state index contributed by atoms with van der Waals surface area (Å²) in [5, 5.41) is 12.0. The number of imide groups is 1. The lowest BCUT2D eigenvalue weighted by Gasteiger charge is -2.14. The number of rotatable bonds is 1. The lowest BCUT2D eigenvalue weighted by molar-refractivity contribution is -0.117. The highest BCUT2D eigenvalue weighted by atomic mass is 35.5. The van der Waals surface area contributed by atoms with Crippen LogP contribution in [0.5, 0.6) is 5.75 Å². The van der Waals surface area contributed by atoms with E-state index in [9.17, 15) is 14.7 Å². The molecule has 1 aromatic rings. The highest BCUT2D eigenvalue weighted by Crippen LogP contribution is 2.31. The minimum absolute atomic E-state index is 0.0933. The summed E-state index contributed by atoms with van der Waals surface area (Å²) in [5.74, 6) is -0.497. The molecule has 2 rings (SSSR count). The number of benzene rings is 1. The quantitative estimate of drug-likeness (QED) is 0.705. The van der Waals surface area contributed by atoms with Gasteiger partial charge in [0.15, 0.2) is 0 Å². The topological polar surface area (TPSA) is 69.6 Å². The van der Waals surface area contributed by atoms with Crippen molar-refractivity contribution in [2.45, 2.75) is 0 Å². The molecule has 0 aliphatic carbocycles. The Morgan fingerprint density at radius 1 is 1.40 bits per heavy atom. The van der Waals surface area contributed by atoms with Crippen LogP contribution in [0.3, 0.4) is 0 Å². The number of phenolic OH excluding ortho intramolecular Hbond substituents is 1. The van der Waals surface area contributed by atoms with Gasteiger partial charge in [-0.2, -0.15) is 0 Å². The first-order valence-electron chi connectivity index (χ1n) is 4.18. The molecule has 78 valence electrons. The second kappa shape index (κ2) is 3.43. The van der Waals surface area contributed by atoms with Gasteiger partial charge in [-0.3, -0.25) is 15.0 Å². The molecule has 1 aliphatic rings. The SMILES string of the molecule is O=C1CN(c2cc(Cl)ccc2O)C(=O)N1. The van der Waals surface area contributed by atoms with Gasteiger partial charge in [0.2, 0.25) is 5.91 Å². The molecule has 0 unspecified atom stereocenters. The maximum Gasteiger partial charge on any atom is 0.329 e. The second-order valence-electron chi connectivity index (χ2n) is 3.07. The van der Waals surface area contributed by atoms with Crippen LogP contribution in [0.2, 0.25) is 5.02 Å². The maximum atomic E-state index is 11.3. The van der Waals surface area contributed by atoms with Gasteiger partial charge in [-0.15, -0.1) is 0 Å². The maximum absolute atomic E-state index is 11.3. The van der Waals surface area contributed by atoms with E-state index in [1.165, 1.54) is 18.2 Å². The van der Waals surface area contributed by atoms with Crippen molar-refractivity contribution < 1.29 is 14.7 Å². The fourth-order valence-corrected chi connectivity index (χ4v) is 1.52. The molecule has 1 aliphatic heterocycles. The van der Waals surface area contributed by atoms with Gasteiger partial charge in [-0.05, 0) is 18.2 Å². The Kier molecular flexibility index (Phi) is 2.24. The molecule has 0 aromatic heterocycles. The van der Waals surface area contributed by atoms with Crippen LogP contribution < -0.4 is 10.2 Å². The Balaban J connectivity index is 2.41. The summed E-state index contributed by atoms with van der Waals surface area (Å²) < 4.78 is 0. The van der Waals surface area contributed by atoms with E-state index in [0.29, 0.717) is 5.02 Å². The van der Waals surface area contributed by atoms with Gasteiger partial charge in [-0.1, -0.05) is 11.6 Å². The third kappa shape index (κ3) is 1.73. The fraction of sp³-hybridized carbons (Fsp3) is 0.111. The summed E-state index contributed by atoms with van der Waals surface area (Å²) in [6.45, 7) is -0.104. The zero-order valence-corrected chi connectivity index (χ0v) is 8.28.